The highest BCUT2D eigenvalue weighted by Crippen LogP contribution is 2.36. The van der Waals surface area contributed by atoms with Crippen LogP contribution in [0.5, 0.6) is 11.5 Å². The van der Waals surface area contributed by atoms with E-state index in [0.717, 1.165) is 11.8 Å². The third-order valence-corrected chi connectivity index (χ3v) is 4.59. The first-order chi connectivity index (χ1) is 12.3. The molecule has 3 amide bonds. The molecule has 8 nitrogen and oxygen atoms in total. The summed E-state index contributed by atoms with van der Waals surface area (Å²) in [5.41, 5.74) is 5.81. The number of benzene rings is 1. The molecule has 10 heteroatoms. The molecule has 1 heterocycles. The highest BCUT2D eigenvalue weighted by Gasteiger charge is 2.23. The van der Waals surface area contributed by atoms with E-state index in [9.17, 15) is 14.4 Å². The number of amides is 3. The molecule has 0 aliphatic carbocycles. The maximum atomic E-state index is 12.0. The molecule has 0 atom stereocenters. The van der Waals surface area contributed by atoms with Gasteiger partial charge in [-0.15, -0.1) is 0 Å². The van der Waals surface area contributed by atoms with Crippen molar-refractivity contribution in [2.45, 2.75) is 13.8 Å². The lowest BCUT2D eigenvalue weighted by molar-refractivity contribution is -0.120. The largest absolute Gasteiger partial charge is 0.490 e. The van der Waals surface area contributed by atoms with Gasteiger partial charge in [-0.05, 0) is 65.0 Å². The van der Waals surface area contributed by atoms with E-state index >= 15 is 0 Å². The molecule has 0 spiro atoms. The molecule has 0 radical (unpaired) electrons. The van der Waals surface area contributed by atoms with Crippen LogP contribution >= 0.6 is 34.4 Å². The number of carbonyl (C=O) groups is 3. The molecular formula is C16H16IN3O5S. The van der Waals surface area contributed by atoms with E-state index in [2.05, 4.69) is 10.3 Å². The number of primary amides is 1. The van der Waals surface area contributed by atoms with E-state index in [-0.39, 0.29) is 17.7 Å². The van der Waals surface area contributed by atoms with Gasteiger partial charge in [-0.3, -0.25) is 14.4 Å². The van der Waals surface area contributed by atoms with E-state index in [1.54, 1.807) is 18.2 Å². The second-order valence-electron chi connectivity index (χ2n) is 5.03. The minimum absolute atomic E-state index is 0.245. The molecule has 3 N–H and O–H groups in total. The van der Waals surface area contributed by atoms with Gasteiger partial charge in [0.2, 0.25) is 5.91 Å². The Hall–Kier alpha value is -2.08. The molecule has 0 fully saturated rings. The van der Waals surface area contributed by atoms with Gasteiger partial charge in [-0.1, -0.05) is 0 Å². The van der Waals surface area contributed by atoms with Gasteiger partial charge in [-0.2, -0.15) is 4.99 Å². The molecule has 1 aromatic carbocycles. The van der Waals surface area contributed by atoms with Gasteiger partial charge in [0.15, 0.2) is 23.3 Å². The summed E-state index contributed by atoms with van der Waals surface area (Å²) in [4.78, 5) is 38.2. The number of hydrogen-bond acceptors (Lipinski definition) is 6. The van der Waals surface area contributed by atoms with Crippen LogP contribution in [0.4, 0.5) is 0 Å². The molecule has 0 aromatic heterocycles. The molecule has 0 bridgehead atoms. The molecule has 0 saturated heterocycles. The Balaban J connectivity index is 2.29. The lowest BCUT2D eigenvalue weighted by Crippen LogP contribution is -2.23. The molecule has 26 heavy (non-hydrogen) atoms. The van der Waals surface area contributed by atoms with Gasteiger partial charge in [0.25, 0.3) is 11.8 Å². The minimum atomic E-state index is -0.593. The Bertz CT molecular complexity index is 822. The van der Waals surface area contributed by atoms with E-state index in [1.165, 1.54) is 6.92 Å². The van der Waals surface area contributed by atoms with E-state index in [4.69, 9.17) is 15.2 Å². The third kappa shape index (κ3) is 5.46. The van der Waals surface area contributed by atoms with E-state index < -0.39 is 11.8 Å². The zero-order valence-corrected chi connectivity index (χ0v) is 17.0. The van der Waals surface area contributed by atoms with Gasteiger partial charge in [0, 0.05) is 6.92 Å². The van der Waals surface area contributed by atoms with Crippen LogP contribution in [0.25, 0.3) is 6.08 Å². The van der Waals surface area contributed by atoms with Crippen molar-refractivity contribution < 1.29 is 23.9 Å². The SMILES string of the molecule is CCOc1cc(/C=C2\SC(NC(C)=O)=NC2=O)cc(I)c1OCC(N)=O. The second kappa shape index (κ2) is 9.03. The number of nitrogens with two attached hydrogens (primary N) is 1. The van der Waals surface area contributed by atoms with Crippen molar-refractivity contribution in [3.8, 4) is 11.5 Å². The zero-order valence-electron chi connectivity index (χ0n) is 14.0. The summed E-state index contributed by atoms with van der Waals surface area (Å²) in [5, 5.41) is 2.74. The maximum absolute atomic E-state index is 12.0. The lowest BCUT2D eigenvalue weighted by Gasteiger charge is -2.14. The second-order valence-corrected chi connectivity index (χ2v) is 7.22. The van der Waals surface area contributed by atoms with Crippen LogP contribution in [0.15, 0.2) is 22.0 Å². The van der Waals surface area contributed by atoms with Crippen LogP contribution in [0.1, 0.15) is 19.4 Å². The molecule has 138 valence electrons. The van der Waals surface area contributed by atoms with Crippen LogP contribution in [0, 0.1) is 3.57 Å². The fourth-order valence-corrected chi connectivity index (χ4v) is 3.62. The zero-order chi connectivity index (χ0) is 19.3. The molecule has 1 aromatic rings. The van der Waals surface area contributed by atoms with E-state index in [0.29, 0.717) is 32.1 Å². The monoisotopic (exact) mass is 489 g/mol. The van der Waals surface area contributed by atoms with Crippen molar-refractivity contribution in [1.29, 1.82) is 0 Å². The van der Waals surface area contributed by atoms with Crippen LogP contribution in [0.3, 0.4) is 0 Å². The van der Waals surface area contributed by atoms with Crippen molar-refractivity contribution in [1.82, 2.24) is 5.32 Å². The first kappa shape index (κ1) is 20.2. The predicted octanol–water partition coefficient (Wildman–Crippen LogP) is 1.66. The number of aliphatic imine (C=N–C) groups is 1. The number of nitrogens with one attached hydrogen (secondary N) is 1. The topological polar surface area (TPSA) is 120 Å². The number of amidine groups is 1. The Morgan fingerprint density at radius 3 is 2.73 bits per heavy atom. The van der Waals surface area contributed by atoms with Crippen LogP contribution in [0.2, 0.25) is 0 Å². The van der Waals surface area contributed by atoms with Gasteiger partial charge < -0.3 is 20.5 Å². The first-order valence-corrected chi connectivity index (χ1v) is 9.37. The number of halogens is 1. The summed E-state index contributed by atoms with van der Waals surface area (Å²) in [6.45, 7) is 3.29. The third-order valence-electron chi connectivity index (χ3n) is 2.89. The van der Waals surface area contributed by atoms with Gasteiger partial charge in [-0.25, -0.2) is 0 Å². The average molecular weight is 489 g/mol. The average Bonchev–Trinajstić information content (AvgIpc) is 2.85. The van der Waals surface area contributed by atoms with Crippen molar-refractivity contribution in [2.75, 3.05) is 13.2 Å². The summed E-state index contributed by atoms with van der Waals surface area (Å²) in [6.07, 6.45) is 1.65. The number of hydrogen-bond donors (Lipinski definition) is 2. The first-order valence-electron chi connectivity index (χ1n) is 7.47. The van der Waals surface area contributed by atoms with E-state index in [1.807, 2.05) is 29.5 Å². The Labute approximate surface area is 167 Å². The number of rotatable bonds is 6. The molecule has 0 unspecified atom stereocenters. The van der Waals surface area contributed by atoms with Gasteiger partial charge in [0.1, 0.15) is 0 Å². The van der Waals surface area contributed by atoms with Crippen molar-refractivity contribution in [3.63, 3.8) is 0 Å². The van der Waals surface area contributed by atoms with Gasteiger partial charge in [0.05, 0.1) is 15.1 Å². The summed E-state index contributed by atoms with van der Waals surface area (Å²) in [7, 11) is 0. The summed E-state index contributed by atoms with van der Waals surface area (Å²) >= 11 is 3.13. The fraction of sp³-hybridized carbons (Fsp3) is 0.250. The van der Waals surface area contributed by atoms with Crippen LogP contribution < -0.4 is 20.5 Å². The minimum Gasteiger partial charge on any atom is -0.490 e. The molecule has 0 saturated carbocycles. The maximum Gasteiger partial charge on any atom is 0.286 e. The Morgan fingerprint density at radius 2 is 2.12 bits per heavy atom. The van der Waals surface area contributed by atoms with Crippen molar-refractivity contribution in [2.24, 2.45) is 10.7 Å². The number of thioether (sulfide) groups is 1. The van der Waals surface area contributed by atoms with Gasteiger partial charge >= 0.3 is 0 Å². The van der Waals surface area contributed by atoms with Crippen molar-refractivity contribution >= 4 is 63.3 Å². The molecular weight excluding hydrogens is 473 g/mol. The predicted molar refractivity (Wildman–Crippen MR) is 107 cm³/mol. The lowest BCUT2D eigenvalue weighted by atomic mass is 10.2. The molecule has 2 rings (SSSR count). The highest BCUT2D eigenvalue weighted by atomic mass is 127. The number of nitrogens with zero attached hydrogens (tertiary/aromatic N) is 1. The van der Waals surface area contributed by atoms with Crippen LogP contribution in [-0.2, 0) is 14.4 Å². The Morgan fingerprint density at radius 1 is 1.38 bits per heavy atom. The standard InChI is InChI=1S/C16H16IN3O5S/c1-3-24-11-5-9(4-10(17)14(11)25-7-13(18)22)6-12-15(23)20-16(26-12)19-8(2)21/h4-6H,3,7H2,1-2H3,(H2,18,22)(H,19,20,21,23)/b12-6-. The summed E-state index contributed by atoms with van der Waals surface area (Å²) in [6, 6.07) is 3.47. The molecule has 1 aliphatic rings. The van der Waals surface area contributed by atoms with Crippen LogP contribution in [-0.4, -0.2) is 36.1 Å². The summed E-state index contributed by atoms with van der Waals surface area (Å²) in [5.74, 6) is -0.472. The summed E-state index contributed by atoms with van der Waals surface area (Å²) < 4.78 is 11.7. The normalized spacial score (nSPS) is 15.0. The fourth-order valence-electron chi connectivity index (χ4n) is 1.98. The highest BCUT2D eigenvalue weighted by molar-refractivity contribution is 14.1. The Kier molecular flexibility index (Phi) is 7.03. The smallest absolute Gasteiger partial charge is 0.286 e. The number of ether oxygens (including phenoxy) is 2. The quantitative estimate of drug-likeness (QED) is 0.464. The van der Waals surface area contributed by atoms with Crippen molar-refractivity contribution in [3.05, 3.63) is 26.2 Å². The number of carbonyl (C=O) groups excluding carboxylic acids is 3. The molecule has 1 aliphatic heterocycles.